The van der Waals surface area contributed by atoms with Crippen molar-refractivity contribution < 1.29 is 9.53 Å². The highest BCUT2D eigenvalue weighted by atomic mass is 35.5. The number of aromatic nitrogens is 2. The van der Waals surface area contributed by atoms with Crippen LogP contribution < -0.4 is 15.4 Å². The minimum Gasteiger partial charge on any atom is -0.495 e. The zero-order chi connectivity index (χ0) is 16.7. The topological polar surface area (TPSA) is 68.2 Å². The van der Waals surface area contributed by atoms with Gasteiger partial charge in [-0.1, -0.05) is 11.6 Å². The highest BCUT2D eigenvalue weighted by Crippen LogP contribution is 2.27. The molecular formula is C16H21ClN4O2. The van der Waals surface area contributed by atoms with Crippen LogP contribution in [-0.4, -0.2) is 35.4 Å². The van der Waals surface area contributed by atoms with Gasteiger partial charge >= 0.3 is 0 Å². The van der Waals surface area contributed by atoms with E-state index < -0.39 is 0 Å². The lowest BCUT2D eigenvalue weighted by Gasteiger charge is -2.15. The van der Waals surface area contributed by atoms with Crippen molar-refractivity contribution in [3.8, 4) is 5.75 Å². The second-order valence-corrected chi connectivity index (χ2v) is 5.65. The van der Waals surface area contributed by atoms with Gasteiger partial charge in [-0.05, 0) is 31.2 Å². The average Bonchev–Trinajstić information content (AvgIpc) is 3.00. The van der Waals surface area contributed by atoms with Crippen LogP contribution in [-0.2, 0) is 11.3 Å². The van der Waals surface area contributed by atoms with E-state index >= 15 is 0 Å². The van der Waals surface area contributed by atoms with E-state index in [0.29, 0.717) is 30.3 Å². The molecule has 0 saturated heterocycles. The van der Waals surface area contributed by atoms with Gasteiger partial charge in [0.05, 0.1) is 19.3 Å². The Morgan fingerprint density at radius 3 is 3.00 bits per heavy atom. The van der Waals surface area contributed by atoms with Gasteiger partial charge in [-0.15, -0.1) is 0 Å². The van der Waals surface area contributed by atoms with E-state index in [4.69, 9.17) is 16.3 Å². The quantitative estimate of drug-likeness (QED) is 0.777. The van der Waals surface area contributed by atoms with Crippen molar-refractivity contribution in [1.29, 1.82) is 0 Å². The number of benzene rings is 1. The van der Waals surface area contributed by atoms with Gasteiger partial charge < -0.3 is 15.4 Å². The van der Waals surface area contributed by atoms with Crippen LogP contribution in [0.25, 0.3) is 0 Å². The molecule has 0 aliphatic rings. The minimum absolute atomic E-state index is 0.0156. The van der Waals surface area contributed by atoms with E-state index in [1.807, 2.05) is 19.2 Å². The number of hydrogen-bond donors (Lipinski definition) is 2. The molecule has 124 valence electrons. The maximum atomic E-state index is 12.0. The van der Waals surface area contributed by atoms with Crippen LogP contribution in [0.3, 0.4) is 0 Å². The fourth-order valence-corrected chi connectivity index (χ4v) is 2.38. The molecule has 0 bridgehead atoms. The molecule has 2 aromatic rings. The van der Waals surface area contributed by atoms with Gasteiger partial charge in [0.1, 0.15) is 5.75 Å². The first-order valence-electron chi connectivity index (χ1n) is 7.42. The Morgan fingerprint density at radius 2 is 2.30 bits per heavy atom. The molecular weight excluding hydrogens is 316 g/mol. The predicted octanol–water partition coefficient (Wildman–Crippen LogP) is 2.55. The van der Waals surface area contributed by atoms with Crippen LogP contribution >= 0.6 is 11.6 Å². The van der Waals surface area contributed by atoms with Crippen LogP contribution in [0.5, 0.6) is 5.75 Å². The Hall–Kier alpha value is -2.21. The van der Waals surface area contributed by atoms with Gasteiger partial charge in [-0.25, -0.2) is 0 Å². The van der Waals surface area contributed by atoms with Gasteiger partial charge in [0.15, 0.2) is 0 Å². The van der Waals surface area contributed by atoms with Gasteiger partial charge in [0, 0.05) is 36.4 Å². The number of amides is 1. The van der Waals surface area contributed by atoms with Crippen molar-refractivity contribution in [1.82, 2.24) is 15.1 Å². The molecule has 0 unspecified atom stereocenters. The van der Waals surface area contributed by atoms with Gasteiger partial charge in [-0.3, -0.25) is 9.48 Å². The number of rotatable bonds is 8. The van der Waals surface area contributed by atoms with Crippen molar-refractivity contribution in [3.05, 3.63) is 41.7 Å². The van der Waals surface area contributed by atoms with Crippen LogP contribution in [0, 0.1) is 0 Å². The number of carbonyl (C=O) groups excluding carboxylic acids is 1. The number of hydrogen-bond acceptors (Lipinski definition) is 4. The number of anilines is 1. The first-order valence-corrected chi connectivity index (χ1v) is 7.80. The van der Waals surface area contributed by atoms with Crippen molar-refractivity contribution >= 4 is 23.2 Å². The van der Waals surface area contributed by atoms with E-state index in [1.54, 1.807) is 36.2 Å². The molecule has 23 heavy (non-hydrogen) atoms. The molecule has 1 aromatic carbocycles. The summed E-state index contributed by atoms with van der Waals surface area (Å²) in [4.78, 5) is 12.0. The number of nitrogens with one attached hydrogen (secondary N) is 2. The van der Waals surface area contributed by atoms with E-state index in [1.165, 1.54) is 0 Å². The lowest BCUT2D eigenvalue weighted by atomic mass is 10.2. The van der Waals surface area contributed by atoms with Crippen LogP contribution in [0.1, 0.15) is 13.3 Å². The fourth-order valence-electron chi connectivity index (χ4n) is 2.21. The number of nitrogens with zero attached hydrogens (tertiary/aromatic N) is 2. The lowest BCUT2D eigenvalue weighted by Crippen LogP contribution is -2.36. The summed E-state index contributed by atoms with van der Waals surface area (Å²) in [6, 6.07) is 7.20. The monoisotopic (exact) mass is 336 g/mol. The smallest absolute Gasteiger partial charge is 0.222 e. The molecule has 1 heterocycles. The molecule has 0 spiro atoms. The third kappa shape index (κ3) is 5.49. The summed E-state index contributed by atoms with van der Waals surface area (Å²) in [6.07, 6.45) is 3.95. The van der Waals surface area contributed by atoms with E-state index in [0.717, 1.165) is 5.69 Å². The molecule has 0 fully saturated rings. The molecule has 6 nitrogen and oxygen atoms in total. The Bertz CT molecular complexity index is 631. The van der Waals surface area contributed by atoms with E-state index in [-0.39, 0.29) is 11.9 Å². The Morgan fingerprint density at radius 1 is 1.48 bits per heavy atom. The molecule has 1 amide bonds. The SMILES string of the molecule is COc1ccc(Cl)cc1NCCC(=O)N[C@H](C)Cn1cccn1. The van der Waals surface area contributed by atoms with Gasteiger partial charge in [-0.2, -0.15) is 5.10 Å². The molecule has 2 N–H and O–H groups in total. The molecule has 0 aliphatic heterocycles. The van der Waals surface area contributed by atoms with Crippen molar-refractivity contribution in [2.24, 2.45) is 0 Å². The normalized spacial score (nSPS) is 11.8. The maximum Gasteiger partial charge on any atom is 0.222 e. The predicted molar refractivity (Wildman–Crippen MR) is 90.9 cm³/mol. The van der Waals surface area contributed by atoms with Gasteiger partial charge in [0.2, 0.25) is 5.91 Å². The first kappa shape index (κ1) is 17.1. The van der Waals surface area contributed by atoms with Crippen molar-refractivity contribution in [3.63, 3.8) is 0 Å². The standard InChI is InChI=1S/C16H21ClN4O2/c1-12(11-21-9-3-7-19-21)20-16(22)6-8-18-14-10-13(17)4-5-15(14)23-2/h3-5,7,9-10,12,18H,6,8,11H2,1-2H3,(H,20,22)/t12-/m1/s1. The average molecular weight is 337 g/mol. The summed E-state index contributed by atoms with van der Waals surface area (Å²) in [5.41, 5.74) is 0.775. The van der Waals surface area contributed by atoms with Crippen molar-refractivity contribution in [2.45, 2.75) is 25.9 Å². The highest BCUT2D eigenvalue weighted by molar-refractivity contribution is 6.30. The largest absolute Gasteiger partial charge is 0.495 e. The highest BCUT2D eigenvalue weighted by Gasteiger charge is 2.09. The second-order valence-electron chi connectivity index (χ2n) is 5.22. The van der Waals surface area contributed by atoms with E-state index in [2.05, 4.69) is 15.7 Å². The number of halogens is 1. The summed E-state index contributed by atoms with van der Waals surface area (Å²) in [5, 5.41) is 10.8. The summed E-state index contributed by atoms with van der Waals surface area (Å²) in [7, 11) is 1.60. The molecule has 0 saturated carbocycles. The number of carbonyl (C=O) groups is 1. The summed E-state index contributed by atoms with van der Waals surface area (Å²) < 4.78 is 7.04. The molecule has 1 aromatic heterocycles. The minimum atomic E-state index is -0.0156. The molecule has 0 aliphatic carbocycles. The summed E-state index contributed by atoms with van der Waals surface area (Å²) in [5.74, 6) is 0.681. The molecule has 2 rings (SSSR count). The first-order chi connectivity index (χ1) is 11.1. The molecule has 7 heteroatoms. The maximum absolute atomic E-state index is 12.0. The number of methoxy groups -OCH3 is 1. The van der Waals surface area contributed by atoms with Gasteiger partial charge in [0.25, 0.3) is 0 Å². The van der Waals surface area contributed by atoms with Crippen LogP contribution in [0.15, 0.2) is 36.7 Å². The van der Waals surface area contributed by atoms with Crippen LogP contribution in [0.2, 0.25) is 5.02 Å². The zero-order valence-electron chi connectivity index (χ0n) is 13.3. The summed E-state index contributed by atoms with van der Waals surface area (Å²) in [6.45, 7) is 3.10. The molecule has 1 atom stereocenters. The number of ether oxygens (including phenoxy) is 1. The fraction of sp³-hybridized carbons (Fsp3) is 0.375. The summed E-state index contributed by atoms with van der Waals surface area (Å²) >= 11 is 5.97. The zero-order valence-corrected chi connectivity index (χ0v) is 14.0. The second kappa shape index (κ2) is 8.43. The third-order valence-electron chi connectivity index (χ3n) is 3.26. The lowest BCUT2D eigenvalue weighted by molar-refractivity contribution is -0.121. The molecule has 0 radical (unpaired) electrons. The Balaban J connectivity index is 1.75. The van der Waals surface area contributed by atoms with Crippen LogP contribution in [0.4, 0.5) is 5.69 Å². The Labute approximate surface area is 140 Å². The Kier molecular flexibility index (Phi) is 6.29. The van der Waals surface area contributed by atoms with E-state index in [9.17, 15) is 4.79 Å². The van der Waals surface area contributed by atoms with Crippen molar-refractivity contribution in [2.75, 3.05) is 19.0 Å². The third-order valence-corrected chi connectivity index (χ3v) is 3.49.